The largest absolute Gasteiger partial charge is 0.396 e. The smallest absolute Gasteiger partial charge is 0.0490 e. The quantitative estimate of drug-likeness (QED) is 0.862. The topological polar surface area (TPSA) is 20.2 Å². The Bertz CT molecular complexity index is 305. The Hall–Kier alpha value is -0.340. The van der Waals surface area contributed by atoms with E-state index in [1.165, 1.54) is 18.4 Å². The van der Waals surface area contributed by atoms with E-state index < -0.39 is 0 Å². The molecule has 1 N–H and O–H groups in total. The molecule has 1 aromatic carbocycles. The fourth-order valence-corrected chi connectivity index (χ4v) is 2.09. The second-order valence-corrected chi connectivity index (χ2v) is 4.88. The lowest BCUT2D eigenvalue weighted by molar-refractivity contribution is 0.211. The molecular formula is C11H13BrO. The zero-order chi connectivity index (χ0) is 9.31. The molecule has 0 bridgehead atoms. The van der Waals surface area contributed by atoms with E-state index in [0.717, 1.165) is 10.9 Å². The van der Waals surface area contributed by atoms with Crippen molar-refractivity contribution in [1.82, 2.24) is 0 Å². The molecule has 0 aliphatic heterocycles. The van der Waals surface area contributed by atoms with Crippen molar-refractivity contribution in [2.45, 2.75) is 19.3 Å². The third kappa shape index (κ3) is 2.12. The van der Waals surface area contributed by atoms with Gasteiger partial charge in [-0.3, -0.25) is 0 Å². The van der Waals surface area contributed by atoms with Crippen LogP contribution in [-0.2, 0) is 6.42 Å². The lowest BCUT2D eigenvalue weighted by atomic mass is 9.98. The van der Waals surface area contributed by atoms with Crippen molar-refractivity contribution in [3.8, 4) is 0 Å². The van der Waals surface area contributed by atoms with Crippen LogP contribution in [0.25, 0.3) is 0 Å². The maximum absolute atomic E-state index is 9.18. The van der Waals surface area contributed by atoms with Crippen LogP contribution >= 0.6 is 15.9 Å². The average Bonchev–Trinajstić information content (AvgIpc) is 2.86. The van der Waals surface area contributed by atoms with Gasteiger partial charge >= 0.3 is 0 Å². The molecule has 2 rings (SSSR count). The molecule has 0 aromatic heterocycles. The highest BCUT2D eigenvalue weighted by Crippen LogP contribution is 2.47. The summed E-state index contributed by atoms with van der Waals surface area (Å²) in [4.78, 5) is 0. The predicted molar refractivity (Wildman–Crippen MR) is 56.6 cm³/mol. The molecule has 1 fully saturated rings. The van der Waals surface area contributed by atoms with Gasteiger partial charge in [0.25, 0.3) is 0 Å². The maximum atomic E-state index is 9.18. The minimum Gasteiger partial charge on any atom is -0.396 e. The zero-order valence-corrected chi connectivity index (χ0v) is 9.05. The van der Waals surface area contributed by atoms with E-state index in [-0.39, 0.29) is 5.41 Å². The number of rotatable bonds is 3. The van der Waals surface area contributed by atoms with Crippen LogP contribution in [0, 0.1) is 5.41 Å². The molecule has 70 valence electrons. The molecule has 0 heterocycles. The van der Waals surface area contributed by atoms with Crippen molar-refractivity contribution in [2.24, 2.45) is 5.41 Å². The molecule has 0 spiro atoms. The molecule has 0 radical (unpaired) electrons. The number of aliphatic hydroxyl groups excluding tert-OH is 1. The van der Waals surface area contributed by atoms with Gasteiger partial charge in [-0.25, -0.2) is 0 Å². The molecule has 0 saturated heterocycles. The Balaban J connectivity index is 2.09. The van der Waals surface area contributed by atoms with Gasteiger partial charge < -0.3 is 5.11 Å². The Morgan fingerprint density at radius 3 is 2.69 bits per heavy atom. The Morgan fingerprint density at radius 1 is 1.38 bits per heavy atom. The van der Waals surface area contributed by atoms with E-state index >= 15 is 0 Å². The molecule has 1 aliphatic carbocycles. The molecule has 0 unspecified atom stereocenters. The van der Waals surface area contributed by atoms with Gasteiger partial charge in [-0.05, 0) is 42.4 Å². The van der Waals surface area contributed by atoms with E-state index in [2.05, 4.69) is 28.1 Å². The van der Waals surface area contributed by atoms with Gasteiger partial charge in [0.15, 0.2) is 0 Å². The minimum absolute atomic E-state index is 0.223. The summed E-state index contributed by atoms with van der Waals surface area (Å²) in [5.74, 6) is 0. The Kier molecular flexibility index (Phi) is 2.43. The summed E-state index contributed by atoms with van der Waals surface area (Å²) in [7, 11) is 0. The highest BCUT2D eigenvalue weighted by atomic mass is 79.9. The summed E-state index contributed by atoms with van der Waals surface area (Å²) in [5, 5.41) is 9.18. The number of halogens is 1. The first-order chi connectivity index (χ1) is 6.24. The molecule has 0 atom stereocenters. The summed E-state index contributed by atoms with van der Waals surface area (Å²) in [6.07, 6.45) is 3.37. The van der Waals surface area contributed by atoms with E-state index in [0.29, 0.717) is 6.61 Å². The number of hydrogen-bond acceptors (Lipinski definition) is 1. The molecule has 1 saturated carbocycles. The van der Waals surface area contributed by atoms with E-state index in [1.807, 2.05) is 12.1 Å². The molecule has 0 amide bonds. The standard InChI is InChI=1S/C11H13BrO/c12-10-3-1-2-9(6-10)7-11(8-13)4-5-11/h1-3,6,13H,4-5,7-8H2. The highest BCUT2D eigenvalue weighted by Gasteiger charge is 2.41. The fourth-order valence-electron chi connectivity index (χ4n) is 1.65. The molecule has 13 heavy (non-hydrogen) atoms. The molecule has 1 aliphatic rings. The third-order valence-electron chi connectivity index (χ3n) is 2.76. The molecule has 1 aromatic rings. The minimum atomic E-state index is 0.223. The molecular weight excluding hydrogens is 228 g/mol. The van der Waals surface area contributed by atoms with E-state index in [1.54, 1.807) is 0 Å². The predicted octanol–water partition coefficient (Wildman–Crippen LogP) is 2.76. The van der Waals surface area contributed by atoms with Crippen molar-refractivity contribution < 1.29 is 5.11 Å². The zero-order valence-electron chi connectivity index (χ0n) is 7.46. The van der Waals surface area contributed by atoms with Crippen LogP contribution < -0.4 is 0 Å². The van der Waals surface area contributed by atoms with Crippen molar-refractivity contribution in [3.63, 3.8) is 0 Å². The van der Waals surface area contributed by atoms with Crippen LogP contribution in [0.2, 0.25) is 0 Å². The van der Waals surface area contributed by atoms with Gasteiger partial charge in [0.2, 0.25) is 0 Å². The van der Waals surface area contributed by atoms with Crippen LogP contribution in [0.4, 0.5) is 0 Å². The van der Waals surface area contributed by atoms with Crippen LogP contribution in [0.15, 0.2) is 28.7 Å². The summed E-state index contributed by atoms with van der Waals surface area (Å²) in [6.45, 7) is 0.333. The van der Waals surface area contributed by atoms with E-state index in [4.69, 9.17) is 0 Å². The van der Waals surface area contributed by atoms with Crippen molar-refractivity contribution in [1.29, 1.82) is 0 Å². The summed E-state index contributed by atoms with van der Waals surface area (Å²) < 4.78 is 1.12. The summed E-state index contributed by atoms with van der Waals surface area (Å²) in [5.41, 5.74) is 1.54. The Labute approximate surface area is 86.9 Å². The average molecular weight is 241 g/mol. The van der Waals surface area contributed by atoms with Gasteiger partial charge in [0.05, 0.1) is 0 Å². The SMILES string of the molecule is OCC1(Cc2cccc(Br)c2)CC1. The second kappa shape index (κ2) is 3.43. The lowest BCUT2D eigenvalue weighted by Gasteiger charge is -2.11. The normalized spacial score (nSPS) is 18.6. The van der Waals surface area contributed by atoms with Gasteiger partial charge in [-0.1, -0.05) is 28.1 Å². The Morgan fingerprint density at radius 2 is 2.15 bits per heavy atom. The first kappa shape index (κ1) is 9.22. The lowest BCUT2D eigenvalue weighted by Crippen LogP contribution is -2.09. The van der Waals surface area contributed by atoms with Crippen LogP contribution in [0.3, 0.4) is 0 Å². The maximum Gasteiger partial charge on any atom is 0.0490 e. The van der Waals surface area contributed by atoms with Crippen molar-refractivity contribution in [3.05, 3.63) is 34.3 Å². The van der Waals surface area contributed by atoms with Crippen molar-refractivity contribution >= 4 is 15.9 Å². The summed E-state index contributed by atoms with van der Waals surface area (Å²) >= 11 is 3.45. The van der Waals surface area contributed by atoms with Gasteiger partial charge in [0.1, 0.15) is 0 Å². The fraction of sp³-hybridized carbons (Fsp3) is 0.455. The van der Waals surface area contributed by atoms with E-state index in [9.17, 15) is 5.11 Å². The van der Waals surface area contributed by atoms with Gasteiger partial charge in [0, 0.05) is 11.1 Å². The first-order valence-electron chi connectivity index (χ1n) is 4.59. The number of hydrogen-bond donors (Lipinski definition) is 1. The van der Waals surface area contributed by atoms with Gasteiger partial charge in [-0.2, -0.15) is 0 Å². The van der Waals surface area contributed by atoms with Crippen LogP contribution in [0.1, 0.15) is 18.4 Å². The number of aliphatic hydroxyl groups is 1. The first-order valence-corrected chi connectivity index (χ1v) is 5.39. The highest BCUT2D eigenvalue weighted by molar-refractivity contribution is 9.10. The van der Waals surface area contributed by atoms with Crippen molar-refractivity contribution in [2.75, 3.05) is 6.61 Å². The molecule has 2 heteroatoms. The van der Waals surface area contributed by atoms with Gasteiger partial charge in [-0.15, -0.1) is 0 Å². The second-order valence-electron chi connectivity index (χ2n) is 3.96. The third-order valence-corrected chi connectivity index (χ3v) is 3.25. The van der Waals surface area contributed by atoms with Crippen LogP contribution in [0.5, 0.6) is 0 Å². The summed E-state index contributed by atoms with van der Waals surface area (Å²) in [6, 6.07) is 8.34. The van der Waals surface area contributed by atoms with Crippen LogP contribution in [-0.4, -0.2) is 11.7 Å². The number of benzene rings is 1. The molecule has 1 nitrogen and oxygen atoms in total. The monoisotopic (exact) mass is 240 g/mol.